The van der Waals surface area contributed by atoms with E-state index in [1.54, 1.807) is 12.1 Å². The number of aryl methyl sites for hydroxylation is 1. The molecule has 2 N–H and O–H groups in total. The van der Waals surface area contributed by atoms with Crippen LogP contribution in [0.1, 0.15) is 11.1 Å². The monoisotopic (exact) mass is 273 g/mol. The molecular formula is C16H19NO3. The Labute approximate surface area is 119 Å². The van der Waals surface area contributed by atoms with Gasteiger partial charge >= 0.3 is 0 Å². The minimum atomic E-state index is 0.0223. The first kappa shape index (κ1) is 14.1. The number of anilines is 1. The van der Waals surface area contributed by atoms with E-state index in [2.05, 4.69) is 24.4 Å². The molecule has 0 unspecified atom stereocenters. The van der Waals surface area contributed by atoms with E-state index in [-0.39, 0.29) is 5.75 Å². The first-order chi connectivity index (χ1) is 9.63. The molecule has 4 nitrogen and oxygen atoms in total. The lowest BCUT2D eigenvalue weighted by Crippen LogP contribution is -2.00. The van der Waals surface area contributed by atoms with Crippen molar-refractivity contribution in [3.63, 3.8) is 0 Å². The fourth-order valence-electron chi connectivity index (χ4n) is 1.93. The summed E-state index contributed by atoms with van der Waals surface area (Å²) in [4.78, 5) is 0. The highest BCUT2D eigenvalue weighted by Gasteiger charge is 2.10. The van der Waals surface area contributed by atoms with Crippen molar-refractivity contribution >= 4 is 5.69 Å². The number of aromatic hydroxyl groups is 1. The quantitative estimate of drug-likeness (QED) is 0.877. The van der Waals surface area contributed by atoms with Gasteiger partial charge in [-0.15, -0.1) is 0 Å². The van der Waals surface area contributed by atoms with E-state index in [0.717, 1.165) is 11.3 Å². The third-order valence-corrected chi connectivity index (χ3v) is 3.09. The Balaban J connectivity index is 2.14. The van der Waals surface area contributed by atoms with E-state index in [9.17, 15) is 5.11 Å². The number of hydrogen-bond donors (Lipinski definition) is 2. The van der Waals surface area contributed by atoms with E-state index in [1.807, 2.05) is 12.1 Å². The molecule has 2 aromatic carbocycles. The first-order valence-electron chi connectivity index (χ1n) is 6.38. The van der Waals surface area contributed by atoms with Gasteiger partial charge in [-0.3, -0.25) is 0 Å². The van der Waals surface area contributed by atoms with Gasteiger partial charge in [0, 0.05) is 12.2 Å². The van der Waals surface area contributed by atoms with Crippen LogP contribution in [0, 0.1) is 6.92 Å². The fourth-order valence-corrected chi connectivity index (χ4v) is 1.93. The summed E-state index contributed by atoms with van der Waals surface area (Å²) in [5, 5.41) is 13.2. The minimum Gasteiger partial charge on any atom is -0.502 e. The van der Waals surface area contributed by atoms with Gasteiger partial charge in [-0.1, -0.05) is 17.7 Å². The van der Waals surface area contributed by atoms with Gasteiger partial charge in [0.25, 0.3) is 0 Å². The second-order valence-corrected chi connectivity index (χ2v) is 4.57. The molecule has 0 aliphatic heterocycles. The van der Waals surface area contributed by atoms with Gasteiger partial charge in [-0.25, -0.2) is 0 Å². The number of phenolic OH excluding ortho intramolecular Hbond substituents is 1. The second kappa shape index (κ2) is 6.19. The maximum atomic E-state index is 9.86. The normalized spacial score (nSPS) is 10.2. The molecule has 0 saturated heterocycles. The van der Waals surface area contributed by atoms with E-state index in [1.165, 1.54) is 19.8 Å². The van der Waals surface area contributed by atoms with Gasteiger partial charge in [-0.2, -0.15) is 0 Å². The number of phenols is 1. The number of benzene rings is 2. The summed E-state index contributed by atoms with van der Waals surface area (Å²) in [5.74, 6) is 0.837. The average molecular weight is 273 g/mol. The highest BCUT2D eigenvalue weighted by molar-refractivity contribution is 5.54. The van der Waals surface area contributed by atoms with Crippen molar-refractivity contribution < 1.29 is 14.6 Å². The van der Waals surface area contributed by atoms with Crippen LogP contribution < -0.4 is 14.8 Å². The topological polar surface area (TPSA) is 50.7 Å². The molecule has 0 bridgehead atoms. The molecular weight excluding hydrogens is 254 g/mol. The molecule has 0 spiro atoms. The molecule has 0 heterocycles. The summed E-state index contributed by atoms with van der Waals surface area (Å²) in [6.45, 7) is 2.68. The molecule has 0 radical (unpaired) electrons. The molecule has 2 aromatic rings. The predicted molar refractivity (Wildman–Crippen MR) is 79.7 cm³/mol. The number of nitrogens with one attached hydrogen (secondary N) is 1. The Morgan fingerprint density at radius 1 is 1.00 bits per heavy atom. The van der Waals surface area contributed by atoms with Crippen molar-refractivity contribution in [2.45, 2.75) is 13.5 Å². The molecule has 0 aliphatic carbocycles. The number of hydrogen-bond acceptors (Lipinski definition) is 4. The highest BCUT2D eigenvalue weighted by atomic mass is 16.5. The van der Waals surface area contributed by atoms with Crippen molar-refractivity contribution in [3.8, 4) is 17.2 Å². The van der Waals surface area contributed by atoms with Crippen LogP contribution in [0.3, 0.4) is 0 Å². The molecule has 106 valence electrons. The highest BCUT2D eigenvalue weighted by Crippen LogP contribution is 2.37. The molecule has 2 rings (SSSR count). The van der Waals surface area contributed by atoms with Gasteiger partial charge < -0.3 is 19.9 Å². The largest absolute Gasteiger partial charge is 0.502 e. The fraction of sp³-hybridized carbons (Fsp3) is 0.250. The minimum absolute atomic E-state index is 0.0223. The summed E-state index contributed by atoms with van der Waals surface area (Å²) in [6.07, 6.45) is 0. The smallest absolute Gasteiger partial charge is 0.200 e. The third-order valence-electron chi connectivity index (χ3n) is 3.09. The summed E-state index contributed by atoms with van der Waals surface area (Å²) < 4.78 is 10.3. The van der Waals surface area contributed by atoms with E-state index in [0.29, 0.717) is 18.0 Å². The van der Waals surface area contributed by atoms with Crippen LogP contribution in [0.4, 0.5) is 5.69 Å². The summed E-state index contributed by atoms with van der Waals surface area (Å²) in [6, 6.07) is 11.8. The summed E-state index contributed by atoms with van der Waals surface area (Å²) >= 11 is 0. The zero-order chi connectivity index (χ0) is 14.5. The van der Waals surface area contributed by atoms with E-state index < -0.39 is 0 Å². The number of ether oxygens (including phenoxy) is 2. The number of methoxy groups -OCH3 is 2. The Bertz CT molecular complexity index is 554. The van der Waals surface area contributed by atoms with Crippen molar-refractivity contribution in [2.75, 3.05) is 19.5 Å². The Morgan fingerprint density at radius 3 is 2.05 bits per heavy atom. The molecule has 0 atom stereocenters. The van der Waals surface area contributed by atoms with Crippen LogP contribution in [0.2, 0.25) is 0 Å². The van der Waals surface area contributed by atoms with Crippen LogP contribution in [0.15, 0.2) is 36.4 Å². The number of rotatable bonds is 5. The molecule has 20 heavy (non-hydrogen) atoms. The van der Waals surface area contributed by atoms with Crippen LogP contribution >= 0.6 is 0 Å². The molecule has 0 aliphatic rings. The molecule has 4 heteroatoms. The summed E-state index contributed by atoms with van der Waals surface area (Å²) in [5.41, 5.74) is 3.24. The standard InChI is InChI=1S/C16H19NO3/c1-11-4-6-13(7-5-11)17-10-12-8-14(19-2)16(18)15(9-12)20-3/h4-9,17-18H,10H2,1-3H3. The average Bonchev–Trinajstić information content (AvgIpc) is 2.47. The predicted octanol–water partition coefficient (Wildman–Crippen LogP) is 3.33. The lowest BCUT2D eigenvalue weighted by molar-refractivity contribution is 0.339. The summed E-state index contributed by atoms with van der Waals surface area (Å²) in [7, 11) is 3.04. The second-order valence-electron chi connectivity index (χ2n) is 4.57. The van der Waals surface area contributed by atoms with Gasteiger partial charge in [-0.05, 0) is 36.8 Å². The van der Waals surface area contributed by atoms with Crippen molar-refractivity contribution in [1.29, 1.82) is 0 Å². The van der Waals surface area contributed by atoms with Crippen LogP contribution in [0.25, 0.3) is 0 Å². The van der Waals surface area contributed by atoms with Gasteiger partial charge in [0.1, 0.15) is 0 Å². The van der Waals surface area contributed by atoms with Gasteiger partial charge in [0.2, 0.25) is 5.75 Å². The lowest BCUT2D eigenvalue weighted by atomic mass is 10.1. The van der Waals surface area contributed by atoms with Crippen molar-refractivity contribution in [3.05, 3.63) is 47.5 Å². The van der Waals surface area contributed by atoms with E-state index in [4.69, 9.17) is 9.47 Å². The zero-order valence-electron chi connectivity index (χ0n) is 11.9. The van der Waals surface area contributed by atoms with Gasteiger partial charge in [0.15, 0.2) is 11.5 Å². The zero-order valence-corrected chi connectivity index (χ0v) is 11.9. The first-order valence-corrected chi connectivity index (χ1v) is 6.38. The van der Waals surface area contributed by atoms with E-state index >= 15 is 0 Å². The van der Waals surface area contributed by atoms with Crippen LogP contribution in [-0.4, -0.2) is 19.3 Å². The Kier molecular flexibility index (Phi) is 4.35. The Hall–Kier alpha value is -2.36. The molecule has 0 aromatic heterocycles. The SMILES string of the molecule is COc1cc(CNc2ccc(C)cc2)cc(OC)c1O. The molecule has 0 amide bonds. The molecule has 0 saturated carbocycles. The van der Waals surface area contributed by atoms with Crippen LogP contribution in [0.5, 0.6) is 17.2 Å². The van der Waals surface area contributed by atoms with Gasteiger partial charge in [0.05, 0.1) is 14.2 Å². The Morgan fingerprint density at radius 2 is 1.55 bits per heavy atom. The lowest BCUT2D eigenvalue weighted by Gasteiger charge is -2.12. The van der Waals surface area contributed by atoms with Crippen molar-refractivity contribution in [1.82, 2.24) is 0 Å². The maximum absolute atomic E-state index is 9.86. The molecule has 0 fully saturated rings. The van der Waals surface area contributed by atoms with Crippen LogP contribution in [-0.2, 0) is 6.54 Å². The van der Waals surface area contributed by atoms with Crippen molar-refractivity contribution in [2.24, 2.45) is 0 Å². The third kappa shape index (κ3) is 3.15. The maximum Gasteiger partial charge on any atom is 0.200 e.